The third-order valence-corrected chi connectivity index (χ3v) is 4.77. The fourth-order valence-corrected chi connectivity index (χ4v) is 3.79. The smallest absolute Gasteiger partial charge is 0.0414 e. The Morgan fingerprint density at radius 3 is 2.95 bits per heavy atom. The van der Waals surface area contributed by atoms with Gasteiger partial charge < -0.3 is 10.2 Å². The van der Waals surface area contributed by atoms with Crippen LogP contribution in [0, 0.1) is 5.41 Å². The van der Waals surface area contributed by atoms with E-state index in [0.29, 0.717) is 5.41 Å². The molecule has 0 amide bonds. The first kappa shape index (κ1) is 13.0. The minimum Gasteiger partial charge on any atom is -0.367 e. The number of nitrogens with one attached hydrogen (secondary N) is 1. The van der Waals surface area contributed by atoms with E-state index < -0.39 is 0 Å². The zero-order chi connectivity index (χ0) is 13.3. The van der Waals surface area contributed by atoms with Gasteiger partial charge in [-0.15, -0.1) is 0 Å². The van der Waals surface area contributed by atoms with Gasteiger partial charge in [-0.1, -0.05) is 38.5 Å². The lowest BCUT2D eigenvalue weighted by Crippen LogP contribution is -2.43. The fourth-order valence-electron chi connectivity index (χ4n) is 3.79. The largest absolute Gasteiger partial charge is 0.367 e. The first-order chi connectivity index (χ1) is 9.16. The van der Waals surface area contributed by atoms with Gasteiger partial charge in [-0.05, 0) is 36.3 Å². The second-order valence-electron chi connectivity index (χ2n) is 6.91. The minimum atomic E-state index is 0.512. The Balaban J connectivity index is 1.87. The van der Waals surface area contributed by atoms with Crippen molar-refractivity contribution in [2.75, 3.05) is 18.0 Å². The van der Waals surface area contributed by atoms with Crippen molar-refractivity contribution in [1.29, 1.82) is 0 Å². The summed E-state index contributed by atoms with van der Waals surface area (Å²) in [5, 5.41) is 3.55. The normalized spacial score (nSPS) is 26.6. The summed E-state index contributed by atoms with van der Waals surface area (Å²) >= 11 is 0. The maximum Gasteiger partial charge on any atom is 0.0414 e. The van der Waals surface area contributed by atoms with E-state index in [1.54, 1.807) is 0 Å². The predicted molar refractivity (Wildman–Crippen MR) is 81.5 cm³/mol. The number of hydrogen-bond donors (Lipinski definition) is 1. The second-order valence-corrected chi connectivity index (χ2v) is 6.91. The van der Waals surface area contributed by atoms with E-state index >= 15 is 0 Å². The molecule has 2 heteroatoms. The molecule has 0 spiro atoms. The van der Waals surface area contributed by atoms with Crippen LogP contribution in [0.5, 0.6) is 0 Å². The molecule has 1 aliphatic carbocycles. The molecule has 1 aromatic carbocycles. The van der Waals surface area contributed by atoms with E-state index in [0.717, 1.165) is 25.7 Å². The van der Waals surface area contributed by atoms with Gasteiger partial charge in [-0.25, -0.2) is 0 Å². The molecule has 19 heavy (non-hydrogen) atoms. The molecule has 1 heterocycles. The Kier molecular flexibility index (Phi) is 3.53. The van der Waals surface area contributed by atoms with Crippen molar-refractivity contribution in [2.24, 2.45) is 5.41 Å². The molecular formula is C17H26N2. The summed E-state index contributed by atoms with van der Waals surface area (Å²) in [6.45, 7) is 8.13. The first-order valence-corrected chi connectivity index (χ1v) is 7.71. The Hall–Kier alpha value is -1.02. The number of rotatable bonds is 1. The van der Waals surface area contributed by atoms with Gasteiger partial charge in [0.1, 0.15) is 0 Å². The van der Waals surface area contributed by atoms with Gasteiger partial charge in [-0.2, -0.15) is 0 Å². The third kappa shape index (κ3) is 2.79. The molecule has 1 N–H and O–H groups in total. The Morgan fingerprint density at radius 2 is 2.11 bits per heavy atom. The number of anilines is 1. The minimum absolute atomic E-state index is 0.512. The molecule has 0 bridgehead atoms. The summed E-state index contributed by atoms with van der Waals surface area (Å²) in [6.07, 6.45) is 5.46. The summed E-state index contributed by atoms with van der Waals surface area (Å²) in [7, 11) is 0. The standard InChI is InChI=1S/C17H26N2/c1-17(2)9-5-7-15(12-17)19-11-10-18-13-14-6-3-4-8-16(14)19/h3-4,6,8,15,18H,5,7,9-13H2,1-2H3. The molecule has 2 aliphatic rings. The zero-order valence-corrected chi connectivity index (χ0v) is 12.3. The maximum atomic E-state index is 3.55. The van der Waals surface area contributed by atoms with Crippen LogP contribution in [0.3, 0.4) is 0 Å². The molecular weight excluding hydrogens is 232 g/mol. The summed E-state index contributed by atoms with van der Waals surface area (Å²) in [4.78, 5) is 2.68. The van der Waals surface area contributed by atoms with Crippen molar-refractivity contribution < 1.29 is 0 Å². The van der Waals surface area contributed by atoms with Crippen LogP contribution in [0.2, 0.25) is 0 Å². The highest BCUT2D eigenvalue weighted by atomic mass is 15.2. The molecule has 1 atom stereocenters. The highest BCUT2D eigenvalue weighted by Gasteiger charge is 2.32. The third-order valence-electron chi connectivity index (χ3n) is 4.77. The monoisotopic (exact) mass is 258 g/mol. The molecule has 0 saturated heterocycles. The van der Waals surface area contributed by atoms with Gasteiger partial charge in [0.25, 0.3) is 0 Å². The van der Waals surface area contributed by atoms with Crippen molar-refractivity contribution in [1.82, 2.24) is 5.32 Å². The second kappa shape index (κ2) is 5.16. The van der Waals surface area contributed by atoms with Gasteiger partial charge >= 0.3 is 0 Å². The fraction of sp³-hybridized carbons (Fsp3) is 0.647. The van der Waals surface area contributed by atoms with E-state index in [4.69, 9.17) is 0 Å². The van der Waals surface area contributed by atoms with Crippen LogP contribution in [-0.2, 0) is 6.54 Å². The molecule has 0 aromatic heterocycles. The lowest BCUT2D eigenvalue weighted by atomic mass is 9.74. The molecule has 1 fully saturated rings. The lowest BCUT2D eigenvalue weighted by molar-refractivity contribution is 0.214. The molecule has 1 unspecified atom stereocenters. The van der Waals surface area contributed by atoms with Crippen molar-refractivity contribution in [2.45, 2.75) is 52.1 Å². The highest BCUT2D eigenvalue weighted by molar-refractivity contribution is 5.55. The van der Waals surface area contributed by atoms with E-state index in [1.807, 2.05) is 0 Å². The van der Waals surface area contributed by atoms with Gasteiger partial charge in [0.2, 0.25) is 0 Å². The average Bonchev–Trinajstić information content (AvgIpc) is 2.59. The molecule has 1 saturated carbocycles. The lowest BCUT2D eigenvalue weighted by Gasteiger charge is -2.42. The predicted octanol–water partition coefficient (Wildman–Crippen LogP) is 3.57. The van der Waals surface area contributed by atoms with Crippen LogP contribution in [0.25, 0.3) is 0 Å². The van der Waals surface area contributed by atoms with Crippen LogP contribution in [0.1, 0.15) is 45.1 Å². The topological polar surface area (TPSA) is 15.3 Å². The summed E-state index contributed by atoms with van der Waals surface area (Å²) in [5.41, 5.74) is 3.44. The average molecular weight is 258 g/mol. The van der Waals surface area contributed by atoms with Crippen LogP contribution in [-0.4, -0.2) is 19.1 Å². The van der Waals surface area contributed by atoms with Gasteiger partial charge in [0.05, 0.1) is 0 Å². The zero-order valence-electron chi connectivity index (χ0n) is 12.3. The number of nitrogens with zero attached hydrogens (tertiary/aromatic N) is 1. The quantitative estimate of drug-likeness (QED) is 0.828. The Labute approximate surface area is 117 Å². The van der Waals surface area contributed by atoms with Crippen LogP contribution >= 0.6 is 0 Å². The van der Waals surface area contributed by atoms with Crippen molar-refractivity contribution in [3.63, 3.8) is 0 Å². The van der Waals surface area contributed by atoms with Crippen LogP contribution in [0.15, 0.2) is 24.3 Å². The number of fused-ring (bicyclic) bond motifs is 1. The summed E-state index contributed by atoms with van der Waals surface area (Å²) < 4.78 is 0. The van der Waals surface area contributed by atoms with Gasteiger partial charge in [0, 0.05) is 31.4 Å². The van der Waals surface area contributed by atoms with Crippen molar-refractivity contribution in [3.05, 3.63) is 29.8 Å². The van der Waals surface area contributed by atoms with Crippen LogP contribution < -0.4 is 10.2 Å². The number of benzene rings is 1. The summed E-state index contributed by atoms with van der Waals surface area (Å²) in [6, 6.07) is 9.66. The maximum absolute atomic E-state index is 3.55. The molecule has 1 aliphatic heterocycles. The van der Waals surface area contributed by atoms with E-state index in [2.05, 4.69) is 48.3 Å². The highest BCUT2D eigenvalue weighted by Crippen LogP contribution is 2.39. The summed E-state index contributed by atoms with van der Waals surface area (Å²) in [5.74, 6) is 0. The molecule has 0 radical (unpaired) electrons. The van der Waals surface area contributed by atoms with Crippen molar-refractivity contribution >= 4 is 5.69 Å². The van der Waals surface area contributed by atoms with E-state index in [1.165, 1.54) is 36.9 Å². The first-order valence-electron chi connectivity index (χ1n) is 7.71. The Bertz CT molecular complexity index is 439. The molecule has 1 aromatic rings. The molecule has 2 nitrogen and oxygen atoms in total. The number of para-hydroxylation sites is 1. The molecule has 3 rings (SSSR count). The van der Waals surface area contributed by atoms with E-state index in [9.17, 15) is 0 Å². The molecule has 104 valence electrons. The van der Waals surface area contributed by atoms with E-state index in [-0.39, 0.29) is 0 Å². The SMILES string of the molecule is CC1(C)CCCC(N2CCNCc3ccccc32)C1. The number of hydrogen-bond acceptors (Lipinski definition) is 2. The van der Waals surface area contributed by atoms with Crippen molar-refractivity contribution in [3.8, 4) is 0 Å². The van der Waals surface area contributed by atoms with Gasteiger partial charge in [0.15, 0.2) is 0 Å². The van der Waals surface area contributed by atoms with Crippen LogP contribution in [0.4, 0.5) is 5.69 Å². The Morgan fingerprint density at radius 1 is 1.26 bits per heavy atom. The van der Waals surface area contributed by atoms with Gasteiger partial charge in [-0.3, -0.25) is 0 Å².